The lowest BCUT2D eigenvalue weighted by Gasteiger charge is -2.24. The van der Waals surface area contributed by atoms with Crippen LogP contribution in [0, 0.1) is 11.8 Å². The molecule has 5 atom stereocenters. The molecule has 1 aliphatic heterocycles. The van der Waals surface area contributed by atoms with Crippen LogP contribution in [0.2, 0.25) is 0 Å². The summed E-state index contributed by atoms with van der Waals surface area (Å²) in [6.07, 6.45) is 12.7. The molecular formula is C22H27NO5. The Morgan fingerprint density at radius 2 is 2.04 bits per heavy atom. The first-order valence-corrected chi connectivity index (χ1v) is 9.87. The number of allylic oxidation sites excluding steroid dienone is 2. The third kappa shape index (κ3) is 5.52. The highest BCUT2D eigenvalue weighted by molar-refractivity contribution is 5.89. The molecule has 0 radical (unpaired) electrons. The summed E-state index contributed by atoms with van der Waals surface area (Å²) in [5.74, 6) is -0.935. The van der Waals surface area contributed by atoms with Gasteiger partial charge in [-0.3, -0.25) is 4.98 Å². The van der Waals surface area contributed by atoms with Crippen LogP contribution in [0.3, 0.4) is 0 Å². The summed E-state index contributed by atoms with van der Waals surface area (Å²) >= 11 is 0. The molecule has 1 saturated carbocycles. The molecule has 6 heteroatoms. The van der Waals surface area contributed by atoms with E-state index in [0.29, 0.717) is 18.4 Å². The van der Waals surface area contributed by atoms with Crippen LogP contribution in [0.15, 0.2) is 48.8 Å². The molecule has 1 aromatic heterocycles. The molecule has 3 rings (SSSR count). The Bertz CT molecular complexity index is 730. The molecule has 2 aliphatic rings. The monoisotopic (exact) mass is 385 g/mol. The minimum absolute atomic E-state index is 0.0871. The average Bonchev–Trinajstić information content (AvgIpc) is 3.05. The molecule has 150 valence electrons. The van der Waals surface area contributed by atoms with Crippen molar-refractivity contribution in [2.75, 3.05) is 0 Å². The van der Waals surface area contributed by atoms with Gasteiger partial charge in [0.1, 0.15) is 6.10 Å². The van der Waals surface area contributed by atoms with E-state index in [1.807, 2.05) is 6.92 Å². The summed E-state index contributed by atoms with van der Waals surface area (Å²) in [4.78, 5) is 28.6. The third-order valence-corrected chi connectivity index (χ3v) is 5.32. The fourth-order valence-electron chi connectivity index (χ4n) is 3.89. The van der Waals surface area contributed by atoms with Gasteiger partial charge in [0.25, 0.3) is 0 Å². The number of esters is 2. The molecule has 1 N–H and O–H groups in total. The molecule has 0 spiro atoms. The number of cyclic esters (lactones) is 1. The van der Waals surface area contributed by atoms with Crippen molar-refractivity contribution in [3.63, 3.8) is 0 Å². The van der Waals surface area contributed by atoms with Crippen molar-refractivity contribution >= 4 is 11.9 Å². The van der Waals surface area contributed by atoms with Crippen LogP contribution in [-0.4, -0.2) is 40.3 Å². The summed E-state index contributed by atoms with van der Waals surface area (Å²) in [6, 6.07) is 3.17. The number of carbonyl (C=O) groups excluding carboxylic acids is 2. The van der Waals surface area contributed by atoms with E-state index in [-0.39, 0.29) is 17.9 Å². The fourth-order valence-corrected chi connectivity index (χ4v) is 3.89. The molecule has 1 fully saturated rings. The smallest absolute Gasteiger partial charge is 0.338 e. The van der Waals surface area contributed by atoms with Crippen molar-refractivity contribution < 1.29 is 24.2 Å². The summed E-state index contributed by atoms with van der Waals surface area (Å²) in [7, 11) is 0. The first kappa shape index (κ1) is 20.3. The summed E-state index contributed by atoms with van der Waals surface area (Å²) in [5, 5.41) is 10.2. The minimum Gasteiger partial charge on any atom is -0.460 e. The van der Waals surface area contributed by atoms with E-state index in [0.717, 1.165) is 19.3 Å². The van der Waals surface area contributed by atoms with Crippen LogP contribution in [0.5, 0.6) is 0 Å². The lowest BCUT2D eigenvalue weighted by atomic mass is 9.89. The highest BCUT2D eigenvalue weighted by atomic mass is 16.5. The molecule has 6 nitrogen and oxygen atoms in total. The van der Waals surface area contributed by atoms with Gasteiger partial charge in [0.2, 0.25) is 0 Å². The van der Waals surface area contributed by atoms with Crippen LogP contribution in [0.25, 0.3) is 0 Å². The molecule has 2 heterocycles. The molecule has 0 saturated heterocycles. The Morgan fingerprint density at radius 1 is 1.25 bits per heavy atom. The van der Waals surface area contributed by atoms with E-state index >= 15 is 0 Å². The van der Waals surface area contributed by atoms with Crippen LogP contribution in [0.1, 0.15) is 49.4 Å². The third-order valence-electron chi connectivity index (χ3n) is 5.32. The van der Waals surface area contributed by atoms with Crippen LogP contribution in [-0.2, 0) is 14.3 Å². The lowest BCUT2D eigenvalue weighted by Crippen LogP contribution is -2.28. The predicted octanol–water partition coefficient (Wildman–Crippen LogP) is 3.22. The first-order chi connectivity index (χ1) is 13.5. The van der Waals surface area contributed by atoms with Gasteiger partial charge in [0.05, 0.1) is 17.8 Å². The number of aromatic nitrogens is 1. The summed E-state index contributed by atoms with van der Waals surface area (Å²) < 4.78 is 11.1. The van der Waals surface area contributed by atoms with Gasteiger partial charge in [-0.1, -0.05) is 12.2 Å². The van der Waals surface area contributed by atoms with Gasteiger partial charge >= 0.3 is 11.9 Å². The van der Waals surface area contributed by atoms with Crippen LogP contribution < -0.4 is 0 Å². The van der Waals surface area contributed by atoms with E-state index in [4.69, 9.17) is 9.47 Å². The number of aliphatic hydroxyl groups excluding tert-OH is 1. The van der Waals surface area contributed by atoms with Crippen molar-refractivity contribution in [3.8, 4) is 0 Å². The molecule has 1 aliphatic carbocycles. The fraction of sp³-hybridized carbons (Fsp3) is 0.500. The summed E-state index contributed by atoms with van der Waals surface area (Å²) in [6.45, 7) is 1.88. The van der Waals surface area contributed by atoms with Crippen LogP contribution in [0.4, 0.5) is 0 Å². The molecule has 0 amide bonds. The number of nitrogens with zero attached hydrogens (tertiary/aromatic N) is 1. The Balaban J connectivity index is 1.84. The number of pyridine rings is 1. The normalized spacial score (nSPS) is 32.2. The second-order valence-corrected chi connectivity index (χ2v) is 7.52. The number of carbonyl (C=O) groups is 2. The zero-order chi connectivity index (χ0) is 19.9. The molecular weight excluding hydrogens is 358 g/mol. The Hall–Kier alpha value is -2.47. The maximum absolute atomic E-state index is 12.6. The number of fused-ring (bicyclic) bond motifs is 1. The molecule has 0 bridgehead atoms. The van der Waals surface area contributed by atoms with Crippen molar-refractivity contribution in [1.82, 2.24) is 4.98 Å². The van der Waals surface area contributed by atoms with Gasteiger partial charge in [-0.2, -0.15) is 0 Å². The van der Waals surface area contributed by atoms with Crippen molar-refractivity contribution in [2.24, 2.45) is 11.8 Å². The number of hydrogen-bond acceptors (Lipinski definition) is 6. The number of rotatable bonds is 2. The zero-order valence-electron chi connectivity index (χ0n) is 16.1. The highest BCUT2D eigenvalue weighted by Crippen LogP contribution is 2.37. The van der Waals surface area contributed by atoms with E-state index in [1.54, 1.807) is 18.2 Å². The molecule has 28 heavy (non-hydrogen) atoms. The average molecular weight is 385 g/mol. The molecule has 0 aromatic carbocycles. The largest absolute Gasteiger partial charge is 0.460 e. The van der Waals surface area contributed by atoms with Gasteiger partial charge in [-0.05, 0) is 63.2 Å². The van der Waals surface area contributed by atoms with Crippen molar-refractivity contribution in [2.45, 2.75) is 57.3 Å². The number of ether oxygens (including phenoxy) is 2. The standard InChI is InChI=1S/C22H27NO5/c1-15-5-3-2-4-6-17-13-18(24)14-19(17)20(7-8-21(25)27-15)28-22(26)16-9-11-23-12-10-16/h4,6-12,15,17-20,24H,2-3,5,13-14H2,1H3/b6-4+,8-7?/t15-,17+,18-,19+,20+/m0/s1. The second-order valence-electron chi connectivity index (χ2n) is 7.52. The summed E-state index contributed by atoms with van der Waals surface area (Å²) in [5.41, 5.74) is 0.396. The van der Waals surface area contributed by atoms with Crippen molar-refractivity contribution in [3.05, 3.63) is 54.4 Å². The molecule has 0 unspecified atom stereocenters. The Morgan fingerprint density at radius 3 is 2.82 bits per heavy atom. The molecule has 1 aromatic rings. The zero-order valence-corrected chi connectivity index (χ0v) is 16.1. The topological polar surface area (TPSA) is 85.7 Å². The predicted molar refractivity (Wildman–Crippen MR) is 103 cm³/mol. The van der Waals surface area contributed by atoms with E-state index in [2.05, 4.69) is 17.1 Å². The SMILES string of the molecule is C[C@H]1CCC/C=C/[C@@H]2C[C@H](O)C[C@H]2[C@H](OC(=O)c2ccncc2)C=CC(=O)O1. The van der Waals surface area contributed by atoms with E-state index < -0.39 is 24.1 Å². The maximum atomic E-state index is 12.6. The minimum atomic E-state index is -0.629. The first-order valence-electron chi connectivity index (χ1n) is 9.87. The van der Waals surface area contributed by atoms with Crippen molar-refractivity contribution in [1.29, 1.82) is 0 Å². The van der Waals surface area contributed by atoms with E-state index in [1.165, 1.54) is 18.5 Å². The Labute approximate surface area is 165 Å². The van der Waals surface area contributed by atoms with E-state index in [9.17, 15) is 14.7 Å². The van der Waals surface area contributed by atoms with Gasteiger partial charge in [-0.25, -0.2) is 9.59 Å². The second kappa shape index (κ2) is 9.64. The number of hydrogen-bond donors (Lipinski definition) is 1. The van der Waals surface area contributed by atoms with Gasteiger partial charge in [-0.15, -0.1) is 0 Å². The van der Waals surface area contributed by atoms with Crippen LogP contribution >= 0.6 is 0 Å². The lowest BCUT2D eigenvalue weighted by molar-refractivity contribution is -0.142. The quantitative estimate of drug-likeness (QED) is 0.621. The highest BCUT2D eigenvalue weighted by Gasteiger charge is 2.38. The van der Waals surface area contributed by atoms with Gasteiger partial charge < -0.3 is 14.6 Å². The Kier molecular flexibility index (Phi) is 6.98. The number of aliphatic hydroxyl groups is 1. The maximum Gasteiger partial charge on any atom is 0.338 e. The van der Waals surface area contributed by atoms with Gasteiger partial charge in [0.15, 0.2) is 0 Å². The van der Waals surface area contributed by atoms with Gasteiger partial charge in [0, 0.05) is 24.4 Å².